The number of nitrogens with one attached hydrogen (secondary N) is 1. The monoisotopic (exact) mass is 233 g/mol. The van der Waals surface area contributed by atoms with Crippen LogP contribution in [0.3, 0.4) is 0 Å². The van der Waals surface area contributed by atoms with Gasteiger partial charge in [-0.1, -0.05) is 18.2 Å². The third-order valence-electron chi connectivity index (χ3n) is 2.62. The summed E-state index contributed by atoms with van der Waals surface area (Å²) in [6.45, 7) is 9.00. The molecule has 0 aromatic heterocycles. The molecule has 0 saturated carbocycles. The third kappa shape index (κ3) is 3.49. The molecule has 0 saturated heterocycles. The van der Waals surface area contributed by atoms with Gasteiger partial charge in [-0.3, -0.25) is 0 Å². The van der Waals surface area contributed by atoms with E-state index in [1.807, 2.05) is 13.0 Å². The highest BCUT2D eigenvalue weighted by atomic mass is 16.6. The predicted molar refractivity (Wildman–Crippen MR) is 68.8 cm³/mol. The van der Waals surface area contributed by atoms with E-state index in [0.717, 1.165) is 36.6 Å². The lowest BCUT2D eigenvalue weighted by Crippen LogP contribution is -2.19. The van der Waals surface area contributed by atoms with Crippen molar-refractivity contribution in [3.8, 4) is 11.5 Å². The predicted octanol–water partition coefficient (Wildman–Crippen LogP) is 2.17. The van der Waals surface area contributed by atoms with Gasteiger partial charge in [0.15, 0.2) is 11.5 Å². The van der Waals surface area contributed by atoms with Crippen LogP contribution in [0.1, 0.15) is 12.5 Å². The summed E-state index contributed by atoms with van der Waals surface area (Å²) in [5.74, 6) is 1.73. The molecule has 0 unspecified atom stereocenters. The fraction of sp³-hybridized carbons (Fsp3) is 0.429. The minimum Gasteiger partial charge on any atom is -0.486 e. The summed E-state index contributed by atoms with van der Waals surface area (Å²) in [6.07, 6.45) is 0.990. The molecule has 3 heteroatoms. The van der Waals surface area contributed by atoms with E-state index in [0.29, 0.717) is 13.2 Å². The number of hydrogen-bond donors (Lipinski definition) is 1. The molecule has 3 nitrogen and oxygen atoms in total. The van der Waals surface area contributed by atoms with Crippen LogP contribution in [0.4, 0.5) is 0 Å². The fourth-order valence-electron chi connectivity index (χ4n) is 1.78. The van der Waals surface area contributed by atoms with Gasteiger partial charge in [0.2, 0.25) is 0 Å². The number of ether oxygens (including phenoxy) is 2. The Kier molecular flexibility index (Phi) is 4.04. The van der Waals surface area contributed by atoms with E-state index < -0.39 is 0 Å². The Labute approximate surface area is 102 Å². The van der Waals surface area contributed by atoms with Crippen molar-refractivity contribution in [2.24, 2.45) is 0 Å². The van der Waals surface area contributed by atoms with Gasteiger partial charge < -0.3 is 14.8 Å². The normalized spacial score (nSPS) is 13.5. The first-order valence-corrected chi connectivity index (χ1v) is 5.99. The van der Waals surface area contributed by atoms with Crippen molar-refractivity contribution in [3.63, 3.8) is 0 Å². The first-order valence-electron chi connectivity index (χ1n) is 5.99. The Hall–Kier alpha value is -1.48. The van der Waals surface area contributed by atoms with Gasteiger partial charge in [-0.15, -0.1) is 0 Å². The molecule has 0 spiro atoms. The van der Waals surface area contributed by atoms with E-state index in [1.165, 1.54) is 5.56 Å². The zero-order valence-electron chi connectivity index (χ0n) is 10.3. The third-order valence-corrected chi connectivity index (χ3v) is 2.62. The maximum absolute atomic E-state index is 5.55. The van der Waals surface area contributed by atoms with E-state index in [-0.39, 0.29) is 0 Å². The second-order valence-electron chi connectivity index (χ2n) is 4.36. The molecule has 17 heavy (non-hydrogen) atoms. The Bertz CT molecular complexity index is 401. The second-order valence-corrected chi connectivity index (χ2v) is 4.36. The minimum absolute atomic E-state index is 0.643. The first-order chi connectivity index (χ1) is 8.25. The quantitative estimate of drug-likeness (QED) is 0.624. The van der Waals surface area contributed by atoms with E-state index in [4.69, 9.17) is 9.47 Å². The zero-order valence-corrected chi connectivity index (χ0v) is 10.3. The largest absolute Gasteiger partial charge is 0.486 e. The Morgan fingerprint density at radius 1 is 1.29 bits per heavy atom. The average Bonchev–Trinajstić information content (AvgIpc) is 2.34. The van der Waals surface area contributed by atoms with Crippen molar-refractivity contribution in [1.29, 1.82) is 0 Å². The number of benzene rings is 1. The molecule has 0 radical (unpaired) electrons. The van der Waals surface area contributed by atoms with Crippen LogP contribution in [0.2, 0.25) is 0 Å². The van der Waals surface area contributed by atoms with Crippen LogP contribution < -0.4 is 14.8 Å². The Balaban J connectivity index is 1.86. The molecule has 1 aliphatic heterocycles. The number of rotatable bonds is 5. The van der Waals surface area contributed by atoms with Gasteiger partial charge in [0, 0.05) is 6.54 Å². The lowest BCUT2D eigenvalue weighted by Gasteiger charge is -2.18. The van der Waals surface area contributed by atoms with Crippen LogP contribution in [0.5, 0.6) is 11.5 Å². The van der Waals surface area contributed by atoms with Crippen molar-refractivity contribution in [3.05, 3.63) is 35.9 Å². The van der Waals surface area contributed by atoms with Crippen LogP contribution in [0.25, 0.3) is 0 Å². The van der Waals surface area contributed by atoms with Crippen molar-refractivity contribution in [1.82, 2.24) is 5.32 Å². The van der Waals surface area contributed by atoms with Crippen molar-refractivity contribution < 1.29 is 9.47 Å². The van der Waals surface area contributed by atoms with Gasteiger partial charge in [0.1, 0.15) is 13.2 Å². The van der Waals surface area contributed by atoms with Crippen molar-refractivity contribution >= 4 is 0 Å². The topological polar surface area (TPSA) is 30.5 Å². The molecule has 1 heterocycles. The molecular weight excluding hydrogens is 214 g/mol. The zero-order chi connectivity index (χ0) is 12.1. The highest BCUT2D eigenvalue weighted by Crippen LogP contribution is 2.30. The van der Waals surface area contributed by atoms with Crippen LogP contribution in [-0.2, 0) is 6.42 Å². The Morgan fingerprint density at radius 2 is 2.06 bits per heavy atom. The van der Waals surface area contributed by atoms with Gasteiger partial charge in [0.05, 0.1) is 0 Å². The van der Waals surface area contributed by atoms with Gasteiger partial charge in [-0.2, -0.15) is 0 Å². The van der Waals surface area contributed by atoms with Crippen LogP contribution >= 0.6 is 0 Å². The second kappa shape index (κ2) is 5.73. The summed E-state index contributed by atoms with van der Waals surface area (Å²) in [7, 11) is 0. The lowest BCUT2D eigenvalue weighted by atomic mass is 10.1. The molecule has 2 rings (SSSR count). The molecule has 1 aromatic carbocycles. The van der Waals surface area contributed by atoms with E-state index in [9.17, 15) is 0 Å². The van der Waals surface area contributed by atoms with E-state index >= 15 is 0 Å². The highest BCUT2D eigenvalue weighted by Gasteiger charge is 2.11. The van der Waals surface area contributed by atoms with Crippen molar-refractivity contribution in [2.45, 2.75) is 13.3 Å². The summed E-state index contributed by atoms with van der Waals surface area (Å²) >= 11 is 0. The maximum Gasteiger partial charge on any atom is 0.161 e. The number of hydrogen-bond acceptors (Lipinski definition) is 3. The molecule has 92 valence electrons. The fourth-order valence-corrected chi connectivity index (χ4v) is 1.78. The summed E-state index contributed by atoms with van der Waals surface area (Å²) in [5.41, 5.74) is 2.43. The number of fused-ring (bicyclic) bond motifs is 1. The molecule has 0 amide bonds. The maximum atomic E-state index is 5.55. The van der Waals surface area contributed by atoms with Crippen molar-refractivity contribution in [2.75, 3.05) is 26.3 Å². The molecule has 0 bridgehead atoms. The molecule has 1 aromatic rings. The molecule has 1 N–H and O–H groups in total. The van der Waals surface area contributed by atoms with E-state index in [1.54, 1.807) is 0 Å². The summed E-state index contributed by atoms with van der Waals surface area (Å²) in [5, 5.41) is 3.34. The highest BCUT2D eigenvalue weighted by molar-refractivity contribution is 5.43. The van der Waals surface area contributed by atoms with Crippen LogP contribution in [0.15, 0.2) is 30.4 Å². The summed E-state index contributed by atoms with van der Waals surface area (Å²) in [4.78, 5) is 0. The van der Waals surface area contributed by atoms with Gasteiger partial charge >= 0.3 is 0 Å². The summed E-state index contributed by atoms with van der Waals surface area (Å²) < 4.78 is 11.0. The molecular formula is C14H19NO2. The Morgan fingerprint density at radius 3 is 2.82 bits per heavy atom. The lowest BCUT2D eigenvalue weighted by molar-refractivity contribution is 0.171. The minimum atomic E-state index is 0.643. The van der Waals surface area contributed by atoms with Crippen LogP contribution in [0, 0.1) is 0 Å². The molecule has 0 atom stereocenters. The van der Waals surface area contributed by atoms with Crippen LogP contribution in [-0.4, -0.2) is 26.3 Å². The first kappa shape index (κ1) is 12.0. The average molecular weight is 233 g/mol. The van der Waals surface area contributed by atoms with Gasteiger partial charge in [0.25, 0.3) is 0 Å². The van der Waals surface area contributed by atoms with Gasteiger partial charge in [-0.25, -0.2) is 0 Å². The standard InChI is InChI=1S/C14H19NO2/c1-11(2)10-15-6-5-12-3-4-13-14(9-12)17-8-7-16-13/h3-4,9,15H,1,5-8,10H2,2H3. The smallest absolute Gasteiger partial charge is 0.161 e. The van der Waals surface area contributed by atoms with Gasteiger partial charge in [-0.05, 0) is 37.6 Å². The van der Waals surface area contributed by atoms with E-state index in [2.05, 4.69) is 24.0 Å². The summed E-state index contributed by atoms with van der Waals surface area (Å²) in [6, 6.07) is 6.15. The molecule has 1 aliphatic rings. The molecule has 0 aliphatic carbocycles. The SMILES string of the molecule is C=C(C)CNCCc1ccc2c(c1)OCCO2. The molecule has 0 fully saturated rings.